The van der Waals surface area contributed by atoms with E-state index in [2.05, 4.69) is 5.32 Å². The van der Waals surface area contributed by atoms with Gasteiger partial charge < -0.3 is 10.1 Å². The molecule has 0 saturated carbocycles. The number of anilines is 1. The minimum Gasteiger partial charge on any atom is -0.492 e. The fourth-order valence-electron chi connectivity index (χ4n) is 2.12. The Morgan fingerprint density at radius 2 is 1.57 bits per heavy atom. The number of aryl methyl sites for hydroxylation is 2. The summed E-state index contributed by atoms with van der Waals surface area (Å²) in [7, 11) is 1.91. The number of nitrogens with one attached hydrogen (secondary N) is 1. The van der Waals surface area contributed by atoms with E-state index in [4.69, 9.17) is 4.74 Å². The van der Waals surface area contributed by atoms with Crippen LogP contribution < -0.4 is 10.1 Å². The van der Waals surface area contributed by atoms with Gasteiger partial charge in [0.1, 0.15) is 12.4 Å². The average molecular weight is 312 g/mol. The van der Waals surface area contributed by atoms with Crippen LogP contribution in [0.3, 0.4) is 0 Å². The highest BCUT2D eigenvalue weighted by Crippen LogP contribution is 2.11. The van der Waals surface area contributed by atoms with E-state index in [1.165, 1.54) is 11.1 Å². The van der Waals surface area contributed by atoms with E-state index in [1.54, 1.807) is 0 Å². The molecule has 0 aliphatic heterocycles. The van der Waals surface area contributed by atoms with Crippen molar-refractivity contribution in [3.63, 3.8) is 0 Å². The van der Waals surface area contributed by atoms with E-state index in [9.17, 15) is 4.79 Å². The molecule has 0 saturated heterocycles. The fourth-order valence-corrected chi connectivity index (χ4v) is 2.12. The molecular formula is C19H24N2O2. The molecule has 4 nitrogen and oxygen atoms in total. The third-order valence-electron chi connectivity index (χ3n) is 3.51. The number of amides is 1. The van der Waals surface area contributed by atoms with Gasteiger partial charge in [-0.2, -0.15) is 0 Å². The lowest BCUT2D eigenvalue weighted by Gasteiger charge is -2.16. The first-order chi connectivity index (χ1) is 11.0. The van der Waals surface area contributed by atoms with Gasteiger partial charge in [-0.05, 0) is 45.2 Å². The number of nitrogens with zero attached hydrogens (tertiary/aromatic N) is 1. The molecule has 0 aliphatic carbocycles. The Morgan fingerprint density at radius 1 is 1.00 bits per heavy atom. The molecule has 2 aromatic rings. The number of carbonyl (C=O) groups excluding carboxylic acids is 1. The van der Waals surface area contributed by atoms with E-state index in [1.807, 2.05) is 74.3 Å². The van der Waals surface area contributed by atoms with E-state index < -0.39 is 0 Å². The summed E-state index contributed by atoms with van der Waals surface area (Å²) in [6, 6.07) is 15.7. The smallest absolute Gasteiger partial charge is 0.238 e. The van der Waals surface area contributed by atoms with Crippen LogP contribution in [0.15, 0.2) is 48.5 Å². The van der Waals surface area contributed by atoms with Crippen LogP contribution in [0.25, 0.3) is 0 Å². The van der Waals surface area contributed by atoms with Crippen LogP contribution in [-0.4, -0.2) is 37.6 Å². The lowest BCUT2D eigenvalue weighted by molar-refractivity contribution is -0.117. The number of likely N-dealkylation sites (N-methyl/N-ethyl adjacent to an activating group) is 1. The van der Waals surface area contributed by atoms with Crippen LogP contribution >= 0.6 is 0 Å². The molecule has 0 aromatic heterocycles. The predicted octanol–water partition coefficient (Wildman–Crippen LogP) is 3.25. The Morgan fingerprint density at radius 3 is 2.17 bits per heavy atom. The normalized spacial score (nSPS) is 10.6. The number of ether oxygens (including phenoxy) is 1. The molecule has 0 heterocycles. The van der Waals surface area contributed by atoms with Gasteiger partial charge in [-0.3, -0.25) is 9.69 Å². The number of hydrogen-bond donors (Lipinski definition) is 1. The van der Waals surface area contributed by atoms with Crippen molar-refractivity contribution in [1.29, 1.82) is 0 Å². The van der Waals surface area contributed by atoms with Crippen molar-refractivity contribution >= 4 is 11.6 Å². The maximum absolute atomic E-state index is 12.0. The Hall–Kier alpha value is -2.33. The molecular weight excluding hydrogens is 288 g/mol. The van der Waals surface area contributed by atoms with Gasteiger partial charge in [0.05, 0.1) is 6.54 Å². The summed E-state index contributed by atoms with van der Waals surface area (Å²) in [5, 5.41) is 2.89. The highest BCUT2D eigenvalue weighted by molar-refractivity contribution is 5.92. The monoisotopic (exact) mass is 312 g/mol. The second-order valence-electron chi connectivity index (χ2n) is 5.81. The van der Waals surface area contributed by atoms with E-state index in [0.717, 1.165) is 11.4 Å². The highest BCUT2D eigenvalue weighted by Gasteiger charge is 2.07. The highest BCUT2D eigenvalue weighted by atomic mass is 16.5. The number of benzene rings is 2. The minimum atomic E-state index is -0.0216. The van der Waals surface area contributed by atoms with Gasteiger partial charge in [0.25, 0.3) is 0 Å². The first-order valence-electron chi connectivity index (χ1n) is 7.77. The third kappa shape index (κ3) is 6.12. The standard InChI is InChI=1S/C19H24N2O2/c1-15-4-8-17(9-5-15)20-19(22)14-21(3)12-13-23-18-10-6-16(2)7-11-18/h4-11H,12-14H2,1-3H3,(H,20,22). The number of carbonyl (C=O) groups is 1. The quantitative estimate of drug-likeness (QED) is 0.853. The van der Waals surface area contributed by atoms with Gasteiger partial charge >= 0.3 is 0 Å². The maximum atomic E-state index is 12.0. The van der Waals surface area contributed by atoms with Gasteiger partial charge in [0.15, 0.2) is 0 Å². The molecule has 0 atom stereocenters. The van der Waals surface area contributed by atoms with Crippen LogP contribution in [0, 0.1) is 13.8 Å². The second-order valence-corrected chi connectivity index (χ2v) is 5.81. The molecule has 0 bridgehead atoms. The molecule has 0 radical (unpaired) electrons. The van der Waals surface area contributed by atoms with Gasteiger partial charge in [0.2, 0.25) is 5.91 Å². The van der Waals surface area contributed by atoms with Crippen molar-refractivity contribution in [3.05, 3.63) is 59.7 Å². The maximum Gasteiger partial charge on any atom is 0.238 e. The Labute approximate surface area is 138 Å². The Balaban J connectivity index is 1.69. The predicted molar refractivity (Wildman–Crippen MR) is 94.0 cm³/mol. The van der Waals surface area contributed by atoms with Crippen LogP contribution in [0.1, 0.15) is 11.1 Å². The summed E-state index contributed by atoms with van der Waals surface area (Å²) < 4.78 is 5.67. The summed E-state index contributed by atoms with van der Waals surface area (Å²) in [4.78, 5) is 13.9. The summed E-state index contributed by atoms with van der Waals surface area (Å²) >= 11 is 0. The zero-order valence-electron chi connectivity index (χ0n) is 14.0. The van der Waals surface area contributed by atoms with E-state index in [0.29, 0.717) is 19.7 Å². The van der Waals surface area contributed by atoms with Gasteiger partial charge in [-0.1, -0.05) is 35.4 Å². The molecule has 0 fully saturated rings. The van der Waals surface area contributed by atoms with Crippen molar-refractivity contribution in [1.82, 2.24) is 4.90 Å². The van der Waals surface area contributed by atoms with Crippen molar-refractivity contribution < 1.29 is 9.53 Å². The summed E-state index contributed by atoms with van der Waals surface area (Å²) in [5.74, 6) is 0.833. The van der Waals surface area contributed by atoms with Gasteiger partial charge in [-0.25, -0.2) is 0 Å². The van der Waals surface area contributed by atoms with E-state index >= 15 is 0 Å². The molecule has 1 amide bonds. The summed E-state index contributed by atoms with van der Waals surface area (Å²) in [5.41, 5.74) is 3.21. The lowest BCUT2D eigenvalue weighted by atomic mass is 10.2. The molecule has 0 spiro atoms. The molecule has 2 aromatic carbocycles. The molecule has 4 heteroatoms. The first-order valence-corrected chi connectivity index (χ1v) is 7.77. The second kappa shape index (κ2) is 8.34. The fraction of sp³-hybridized carbons (Fsp3) is 0.316. The van der Waals surface area contributed by atoms with Gasteiger partial charge in [-0.15, -0.1) is 0 Å². The topological polar surface area (TPSA) is 41.6 Å². The molecule has 23 heavy (non-hydrogen) atoms. The molecule has 1 N–H and O–H groups in total. The SMILES string of the molecule is Cc1ccc(NC(=O)CN(C)CCOc2ccc(C)cc2)cc1. The summed E-state index contributed by atoms with van der Waals surface area (Å²) in [6.07, 6.45) is 0. The molecule has 0 unspecified atom stereocenters. The largest absolute Gasteiger partial charge is 0.492 e. The third-order valence-corrected chi connectivity index (χ3v) is 3.51. The molecule has 122 valence electrons. The molecule has 0 aliphatic rings. The number of rotatable bonds is 7. The Bertz CT molecular complexity index is 621. The van der Waals surface area contributed by atoms with Crippen molar-refractivity contribution in [2.75, 3.05) is 32.1 Å². The minimum absolute atomic E-state index is 0.0216. The zero-order valence-corrected chi connectivity index (χ0v) is 14.0. The average Bonchev–Trinajstić information content (AvgIpc) is 2.51. The van der Waals surface area contributed by atoms with Crippen LogP contribution in [0.2, 0.25) is 0 Å². The lowest BCUT2D eigenvalue weighted by Crippen LogP contribution is -2.33. The van der Waals surface area contributed by atoms with Crippen LogP contribution in [0.5, 0.6) is 5.75 Å². The Kier molecular flexibility index (Phi) is 6.18. The van der Waals surface area contributed by atoms with Crippen molar-refractivity contribution in [2.24, 2.45) is 0 Å². The van der Waals surface area contributed by atoms with Crippen molar-refractivity contribution in [2.45, 2.75) is 13.8 Å². The van der Waals surface area contributed by atoms with E-state index in [-0.39, 0.29) is 5.91 Å². The van der Waals surface area contributed by atoms with Crippen LogP contribution in [0.4, 0.5) is 5.69 Å². The van der Waals surface area contributed by atoms with Crippen LogP contribution in [-0.2, 0) is 4.79 Å². The summed E-state index contributed by atoms with van der Waals surface area (Å²) in [6.45, 7) is 5.65. The van der Waals surface area contributed by atoms with Crippen molar-refractivity contribution in [3.8, 4) is 5.75 Å². The first kappa shape index (κ1) is 17.0. The number of hydrogen-bond acceptors (Lipinski definition) is 3. The zero-order chi connectivity index (χ0) is 16.7. The molecule has 2 rings (SSSR count). The van der Waals surface area contributed by atoms with Gasteiger partial charge in [0, 0.05) is 12.2 Å².